The molecule has 2 aliphatic carbocycles. The Hall–Kier alpha value is -1.60. The van der Waals surface area contributed by atoms with E-state index in [0.717, 1.165) is 54.7 Å². The molecular weight excluding hydrogens is 491 g/mol. The SMILES string of the molecule is COC(=O)C(OC1CC1)c1c(C)cc(I)c(C2CC2)c1-c1ccc2c(c1)CCCO2. The van der Waals surface area contributed by atoms with Crippen LogP contribution < -0.4 is 4.74 Å². The summed E-state index contributed by atoms with van der Waals surface area (Å²) in [5.74, 6) is 1.23. The summed E-state index contributed by atoms with van der Waals surface area (Å²) in [5, 5.41) is 0. The summed E-state index contributed by atoms with van der Waals surface area (Å²) in [6, 6.07) is 8.71. The summed E-state index contributed by atoms with van der Waals surface area (Å²) in [6.07, 6.45) is 5.97. The van der Waals surface area contributed by atoms with Crippen LogP contribution in [0.5, 0.6) is 5.75 Å². The van der Waals surface area contributed by atoms with Gasteiger partial charge >= 0.3 is 5.97 Å². The zero-order valence-corrected chi connectivity index (χ0v) is 19.7. The summed E-state index contributed by atoms with van der Waals surface area (Å²) in [4.78, 5) is 12.9. The van der Waals surface area contributed by atoms with Gasteiger partial charge in [-0.1, -0.05) is 6.07 Å². The zero-order valence-electron chi connectivity index (χ0n) is 17.5. The topological polar surface area (TPSA) is 44.8 Å². The maximum atomic E-state index is 12.9. The van der Waals surface area contributed by atoms with Crippen molar-refractivity contribution in [2.24, 2.45) is 0 Å². The molecule has 2 aromatic carbocycles. The molecule has 1 unspecified atom stereocenters. The van der Waals surface area contributed by atoms with E-state index in [-0.39, 0.29) is 12.1 Å². The minimum absolute atomic E-state index is 0.155. The minimum atomic E-state index is -0.681. The van der Waals surface area contributed by atoms with Gasteiger partial charge in [0, 0.05) is 9.13 Å². The lowest BCUT2D eigenvalue weighted by Gasteiger charge is -2.26. The highest BCUT2D eigenvalue weighted by Crippen LogP contribution is 2.50. The van der Waals surface area contributed by atoms with Crippen molar-refractivity contribution in [3.63, 3.8) is 0 Å². The molecule has 0 amide bonds. The number of ether oxygens (including phenoxy) is 3. The Labute approximate surface area is 191 Å². The number of carbonyl (C=O) groups excluding carboxylic acids is 1. The summed E-state index contributed by atoms with van der Waals surface area (Å²) in [6.45, 7) is 2.87. The molecule has 30 heavy (non-hydrogen) atoms. The number of benzene rings is 2. The van der Waals surface area contributed by atoms with E-state index in [1.165, 1.54) is 40.2 Å². The van der Waals surface area contributed by atoms with Crippen LogP contribution in [0.4, 0.5) is 0 Å². The van der Waals surface area contributed by atoms with E-state index in [1.54, 1.807) is 0 Å². The van der Waals surface area contributed by atoms with Gasteiger partial charge in [0.15, 0.2) is 6.10 Å². The van der Waals surface area contributed by atoms with Gasteiger partial charge in [-0.25, -0.2) is 4.79 Å². The number of fused-ring (bicyclic) bond motifs is 1. The molecule has 3 aliphatic rings. The van der Waals surface area contributed by atoms with Gasteiger partial charge in [0.2, 0.25) is 0 Å². The van der Waals surface area contributed by atoms with Crippen molar-refractivity contribution < 1.29 is 19.0 Å². The molecule has 0 N–H and O–H groups in total. The van der Waals surface area contributed by atoms with E-state index < -0.39 is 6.10 Å². The van der Waals surface area contributed by atoms with Gasteiger partial charge in [-0.2, -0.15) is 0 Å². The molecule has 1 atom stereocenters. The molecular formula is C25H27IO4. The largest absolute Gasteiger partial charge is 0.493 e. The lowest BCUT2D eigenvalue weighted by molar-refractivity contribution is -0.155. The zero-order chi connectivity index (χ0) is 20.8. The third-order valence-corrected chi connectivity index (χ3v) is 7.17. The molecule has 5 heteroatoms. The molecule has 0 aromatic heterocycles. The fourth-order valence-electron chi connectivity index (χ4n) is 4.49. The van der Waals surface area contributed by atoms with Gasteiger partial charge in [-0.05, 0) is 120 Å². The van der Waals surface area contributed by atoms with Crippen molar-refractivity contribution in [1.82, 2.24) is 0 Å². The van der Waals surface area contributed by atoms with Gasteiger partial charge in [-0.3, -0.25) is 0 Å². The number of methoxy groups -OCH3 is 1. The Balaban J connectivity index is 1.72. The third kappa shape index (κ3) is 3.86. The highest BCUT2D eigenvalue weighted by atomic mass is 127. The van der Waals surface area contributed by atoms with Crippen LogP contribution >= 0.6 is 22.6 Å². The normalized spacial score (nSPS) is 19.0. The first-order chi connectivity index (χ1) is 14.6. The van der Waals surface area contributed by atoms with Gasteiger partial charge in [0.1, 0.15) is 5.75 Å². The van der Waals surface area contributed by atoms with Gasteiger partial charge in [-0.15, -0.1) is 0 Å². The number of esters is 1. The molecule has 1 heterocycles. The van der Waals surface area contributed by atoms with Crippen molar-refractivity contribution in [3.05, 3.63) is 50.1 Å². The Bertz CT molecular complexity index is 991. The molecule has 0 radical (unpaired) electrons. The van der Waals surface area contributed by atoms with Crippen LogP contribution in [0.2, 0.25) is 0 Å². The third-order valence-electron chi connectivity index (χ3n) is 6.28. The Morgan fingerprint density at radius 1 is 1.20 bits per heavy atom. The number of aryl methyl sites for hydroxylation is 2. The first kappa shape index (κ1) is 20.3. The summed E-state index contributed by atoms with van der Waals surface area (Å²) >= 11 is 2.46. The van der Waals surface area contributed by atoms with Gasteiger partial charge in [0.25, 0.3) is 0 Å². The van der Waals surface area contributed by atoms with E-state index in [2.05, 4.69) is 53.8 Å². The lowest BCUT2D eigenvalue weighted by atomic mass is 9.85. The van der Waals surface area contributed by atoms with Crippen LogP contribution in [0.3, 0.4) is 0 Å². The van der Waals surface area contributed by atoms with Crippen LogP contribution in [0, 0.1) is 10.5 Å². The van der Waals surface area contributed by atoms with Crippen molar-refractivity contribution in [3.8, 4) is 16.9 Å². The first-order valence-corrected chi connectivity index (χ1v) is 12.0. The molecule has 2 fully saturated rings. The second-order valence-electron chi connectivity index (χ2n) is 8.67. The Kier molecular flexibility index (Phi) is 5.52. The average Bonchev–Trinajstić information content (AvgIpc) is 3.66. The van der Waals surface area contributed by atoms with Gasteiger partial charge in [0.05, 0.1) is 19.8 Å². The Morgan fingerprint density at radius 2 is 2.00 bits per heavy atom. The predicted octanol–water partition coefficient (Wildman–Crippen LogP) is 5.86. The van der Waals surface area contributed by atoms with E-state index in [1.807, 2.05) is 0 Å². The van der Waals surface area contributed by atoms with Gasteiger partial charge < -0.3 is 14.2 Å². The average molecular weight is 518 g/mol. The number of carbonyl (C=O) groups is 1. The molecule has 158 valence electrons. The van der Waals surface area contributed by atoms with Crippen LogP contribution in [0.25, 0.3) is 11.1 Å². The quantitative estimate of drug-likeness (QED) is 0.355. The standard InChI is InChI=1S/C25H27IO4/c1-14-12-19(26)22(15-5-6-15)23(17-7-10-20-16(13-17)4-3-11-29-20)21(14)24(25(27)28-2)30-18-8-9-18/h7,10,12-13,15,18,24H,3-6,8-9,11H2,1-2H3. The first-order valence-electron chi connectivity index (χ1n) is 10.9. The monoisotopic (exact) mass is 518 g/mol. The van der Waals surface area contributed by atoms with Crippen LogP contribution in [0.1, 0.15) is 66.4 Å². The highest BCUT2D eigenvalue weighted by Gasteiger charge is 2.38. The molecule has 0 saturated heterocycles. The fraction of sp³-hybridized carbons (Fsp3) is 0.480. The van der Waals surface area contributed by atoms with Crippen molar-refractivity contribution in [2.75, 3.05) is 13.7 Å². The van der Waals surface area contributed by atoms with Crippen LogP contribution in [-0.4, -0.2) is 25.8 Å². The predicted molar refractivity (Wildman–Crippen MR) is 124 cm³/mol. The fourth-order valence-corrected chi connectivity index (χ4v) is 5.67. The molecule has 0 bridgehead atoms. The van der Waals surface area contributed by atoms with Crippen LogP contribution in [-0.2, 0) is 20.7 Å². The molecule has 1 aliphatic heterocycles. The van der Waals surface area contributed by atoms with Crippen molar-refractivity contribution in [2.45, 2.75) is 63.6 Å². The smallest absolute Gasteiger partial charge is 0.339 e. The molecule has 2 saturated carbocycles. The highest BCUT2D eigenvalue weighted by molar-refractivity contribution is 14.1. The van der Waals surface area contributed by atoms with Crippen LogP contribution in [0.15, 0.2) is 24.3 Å². The Morgan fingerprint density at radius 3 is 2.70 bits per heavy atom. The lowest BCUT2D eigenvalue weighted by Crippen LogP contribution is -2.21. The van der Waals surface area contributed by atoms with E-state index in [9.17, 15) is 4.79 Å². The minimum Gasteiger partial charge on any atom is -0.493 e. The number of hydrogen-bond acceptors (Lipinski definition) is 4. The second-order valence-corrected chi connectivity index (χ2v) is 9.83. The number of halogens is 1. The second kappa shape index (κ2) is 8.15. The van der Waals surface area contributed by atoms with Crippen molar-refractivity contribution >= 4 is 28.6 Å². The van der Waals surface area contributed by atoms with E-state index >= 15 is 0 Å². The molecule has 0 spiro atoms. The summed E-state index contributed by atoms with van der Waals surface area (Å²) < 4.78 is 18.6. The molecule has 5 rings (SSSR count). The molecule has 2 aromatic rings. The van der Waals surface area contributed by atoms with E-state index in [0.29, 0.717) is 5.92 Å². The number of hydrogen-bond donors (Lipinski definition) is 0. The summed E-state index contributed by atoms with van der Waals surface area (Å²) in [7, 11) is 1.45. The molecule has 4 nitrogen and oxygen atoms in total. The maximum Gasteiger partial charge on any atom is 0.339 e. The number of rotatable bonds is 6. The van der Waals surface area contributed by atoms with Crippen molar-refractivity contribution in [1.29, 1.82) is 0 Å². The maximum absolute atomic E-state index is 12.9. The van der Waals surface area contributed by atoms with E-state index in [4.69, 9.17) is 14.2 Å². The summed E-state index contributed by atoms with van der Waals surface area (Å²) in [5.41, 5.74) is 7.01.